The second kappa shape index (κ2) is 10.6. The standard InChI is InChI=1S/C23H34N2O2S/c1-16(2)11-23(26)25(12-17(3)4)13-19-15-28-22(24-19)14-27-21-10-8-7-9-20(21)18(5)6/h7-10,15-18H,11-14H2,1-6H3. The number of amides is 1. The summed E-state index contributed by atoms with van der Waals surface area (Å²) in [6.45, 7) is 14.6. The molecule has 2 aromatic rings. The molecule has 0 saturated heterocycles. The third kappa shape index (κ3) is 6.93. The Bertz CT molecular complexity index is 753. The monoisotopic (exact) mass is 402 g/mol. The van der Waals surface area contributed by atoms with Crippen LogP contribution in [0.3, 0.4) is 0 Å². The van der Waals surface area contributed by atoms with Crippen LogP contribution in [0.1, 0.15) is 70.1 Å². The minimum atomic E-state index is 0.209. The molecule has 0 N–H and O–H groups in total. The van der Waals surface area contributed by atoms with Crippen LogP contribution in [0, 0.1) is 11.8 Å². The molecular weight excluding hydrogens is 368 g/mol. The Balaban J connectivity index is 2.01. The first-order chi connectivity index (χ1) is 13.3. The van der Waals surface area contributed by atoms with E-state index in [1.54, 1.807) is 11.3 Å². The second-order valence-corrected chi connectivity index (χ2v) is 9.42. The van der Waals surface area contributed by atoms with Crippen LogP contribution in [-0.4, -0.2) is 22.3 Å². The van der Waals surface area contributed by atoms with Crippen molar-refractivity contribution in [3.63, 3.8) is 0 Å². The van der Waals surface area contributed by atoms with E-state index in [0.717, 1.165) is 23.0 Å². The van der Waals surface area contributed by atoms with Crippen molar-refractivity contribution in [1.82, 2.24) is 9.88 Å². The van der Waals surface area contributed by atoms with Gasteiger partial charge in [-0.15, -0.1) is 11.3 Å². The van der Waals surface area contributed by atoms with E-state index in [9.17, 15) is 4.79 Å². The lowest BCUT2D eigenvalue weighted by Crippen LogP contribution is -2.34. The van der Waals surface area contributed by atoms with E-state index < -0.39 is 0 Å². The van der Waals surface area contributed by atoms with Crippen molar-refractivity contribution in [3.8, 4) is 5.75 Å². The maximum atomic E-state index is 12.6. The summed E-state index contributed by atoms with van der Waals surface area (Å²) in [6, 6.07) is 8.16. The fraction of sp³-hybridized carbons (Fsp3) is 0.565. The number of thiazole rings is 1. The Kier molecular flexibility index (Phi) is 8.49. The maximum Gasteiger partial charge on any atom is 0.223 e. The number of aromatic nitrogens is 1. The lowest BCUT2D eigenvalue weighted by atomic mass is 10.0. The Labute approximate surface area is 173 Å². The quantitative estimate of drug-likeness (QED) is 0.499. The highest BCUT2D eigenvalue weighted by Gasteiger charge is 2.18. The van der Waals surface area contributed by atoms with Gasteiger partial charge in [0, 0.05) is 18.3 Å². The highest BCUT2D eigenvalue weighted by molar-refractivity contribution is 7.09. The van der Waals surface area contributed by atoms with Crippen molar-refractivity contribution < 1.29 is 9.53 Å². The number of hydrogen-bond acceptors (Lipinski definition) is 4. The topological polar surface area (TPSA) is 42.4 Å². The molecule has 0 aliphatic carbocycles. The first kappa shape index (κ1) is 22.4. The van der Waals surface area contributed by atoms with Gasteiger partial charge in [0.05, 0.1) is 12.2 Å². The van der Waals surface area contributed by atoms with Crippen LogP contribution in [-0.2, 0) is 17.9 Å². The molecule has 1 amide bonds. The fourth-order valence-corrected chi connectivity index (χ4v) is 3.78. The van der Waals surface area contributed by atoms with Crippen molar-refractivity contribution in [2.45, 2.75) is 67.0 Å². The summed E-state index contributed by atoms with van der Waals surface area (Å²) in [5.41, 5.74) is 2.15. The summed E-state index contributed by atoms with van der Waals surface area (Å²) in [6.07, 6.45) is 0.582. The molecule has 28 heavy (non-hydrogen) atoms. The van der Waals surface area contributed by atoms with E-state index in [4.69, 9.17) is 9.72 Å². The van der Waals surface area contributed by atoms with Gasteiger partial charge in [-0.2, -0.15) is 0 Å². The Morgan fingerprint density at radius 2 is 1.82 bits per heavy atom. The van der Waals surface area contributed by atoms with Crippen LogP contribution >= 0.6 is 11.3 Å². The van der Waals surface area contributed by atoms with Crippen molar-refractivity contribution in [1.29, 1.82) is 0 Å². The molecule has 0 unspecified atom stereocenters. The second-order valence-electron chi connectivity index (χ2n) is 8.48. The molecule has 0 bridgehead atoms. The summed E-state index contributed by atoms with van der Waals surface area (Å²) >= 11 is 1.60. The molecule has 0 aliphatic rings. The Morgan fingerprint density at radius 3 is 2.46 bits per heavy atom. The number of benzene rings is 1. The Morgan fingerprint density at radius 1 is 1.11 bits per heavy atom. The van der Waals surface area contributed by atoms with Crippen LogP contribution in [0.4, 0.5) is 0 Å². The van der Waals surface area contributed by atoms with E-state index in [1.165, 1.54) is 5.56 Å². The van der Waals surface area contributed by atoms with E-state index in [0.29, 0.717) is 37.3 Å². The lowest BCUT2D eigenvalue weighted by Gasteiger charge is -2.24. The molecule has 5 heteroatoms. The van der Waals surface area contributed by atoms with Crippen LogP contribution in [0.2, 0.25) is 0 Å². The predicted octanol–water partition coefficient (Wildman–Crippen LogP) is 5.88. The molecule has 0 fully saturated rings. The molecular formula is C23H34N2O2S. The summed E-state index contributed by atoms with van der Waals surface area (Å²) in [5.74, 6) is 2.34. The van der Waals surface area contributed by atoms with Gasteiger partial charge < -0.3 is 9.64 Å². The van der Waals surface area contributed by atoms with Gasteiger partial charge in [0.25, 0.3) is 0 Å². The summed E-state index contributed by atoms with van der Waals surface area (Å²) < 4.78 is 6.03. The molecule has 154 valence electrons. The molecule has 2 rings (SSSR count). The third-order valence-electron chi connectivity index (χ3n) is 4.37. The summed E-state index contributed by atoms with van der Waals surface area (Å²) in [7, 11) is 0. The maximum absolute atomic E-state index is 12.6. The van der Waals surface area contributed by atoms with Gasteiger partial charge in [-0.25, -0.2) is 4.98 Å². The normalized spacial score (nSPS) is 11.5. The van der Waals surface area contributed by atoms with Gasteiger partial charge in [-0.05, 0) is 29.4 Å². The minimum absolute atomic E-state index is 0.209. The molecule has 0 atom stereocenters. The number of nitrogens with zero attached hydrogens (tertiary/aromatic N) is 2. The van der Waals surface area contributed by atoms with E-state index >= 15 is 0 Å². The van der Waals surface area contributed by atoms with Crippen molar-refractivity contribution in [2.75, 3.05) is 6.54 Å². The zero-order valence-corrected chi connectivity index (χ0v) is 18.9. The van der Waals surface area contributed by atoms with Crippen LogP contribution < -0.4 is 4.74 Å². The number of para-hydroxylation sites is 1. The molecule has 4 nitrogen and oxygen atoms in total. The molecule has 0 saturated carbocycles. The van der Waals surface area contributed by atoms with E-state index in [2.05, 4.69) is 47.6 Å². The fourth-order valence-electron chi connectivity index (χ4n) is 3.09. The molecule has 1 heterocycles. The first-order valence-electron chi connectivity index (χ1n) is 10.2. The first-order valence-corrected chi connectivity index (χ1v) is 11.1. The average molecular weight is 403 g/mol. The van der Waals surface area contributed by atoms with E-state index in [1.807, 2.05) is 28.5 Å². The van der Waals surface area contributed by atoms with Gasteiger partial charge in [-0.1, -0.05) is 59.7 Å². The highest BCUT2D eigenvalue weighted by atomic mass is 32.1. The van der Waals surface area contributed by atoms with Gasteiger partial charge in [0.15, 0.2) is 0 Å². The van der Waals surface area contributed by atoms with Crippen LogP contribution in [0.25, 0.3) is 0 Å². The molecule has 1 aromatic carbocycles. The van der Waals surface area contributed by atoms with Crippen LogP contribution in [0.5, 0.6) is 5.75 Å². The van der Waals surface area contributed by atoms with Crippen molar-refractivity contribution >= 4 is 17.2 Å². The van der Waals surface area contributed by atoms with Crippen LogP contribution in [0.15, 0.2) is 29.6 Å². The number of rotatable bonds is 10. The average Bonchev–Trinajstić information content (AvgIpc) is 3.06. The van der Waals surface area contributed by atoms with Gasteiger partial charge in [0.2, 0.25) is 5.91 Å². The number of carbonyl (C=O) groups excluding carboxylic acids is 1. The van der Waals surface area contributed by atoms with Gasteiger partial charge in [0.1, 0.15) is 17.4 Å². The summed E-state index contributed by atoms with van der Waals surface area (Å²) in [4.78, 5) is 19.2. The van der Waals surface area contributed by atoms with Crippen molar-refractivity contribution in [3.05, 3.63) is 45.9 Å². The predicted molar refractivity (Wildman–Crippen MR) is 117 cm³/mol. The molecule has 0 aliphatic heterocycles. The third-order valence-corrected chi connectivity index (χ3v) is 5.24. The molecule has 0 spiro atoms. The van der Waals surface area contributed by atoms with Gasteiger partial charge >= 0.3 is 0 Å². The lowest BCUT2D eigenvalue weighted by molar-refractivity contribution is -0.133. The smallest absolute Gasteiger partial charge is 0.223 e. The zero-order valence-electron chi connectivity index (χ0n) is 18.1. The van der Waals surface area contributed by atoms with E-state index in [-0.39, 0.29) is 5.91 Å². The summed E-state index contributed by atoms with van der Waals surface area (Å²) in [5, 5.41) is 2.98. The van der Waals surface area contributed by atoms with Crippen molar-refractivity contribution in [2.24, 2.45) is 11.8 Å². The molecule has 0 radical (unpaired) electrons. The largest absolute Gasteiger partial charge is 0.486 e. The minimum Gasteiger partial charge on any atom is -0.486 e. The number of ether oxygens (including phenoxy) is 1. The van der Waals surface area contributed by atoms with Gasteiger partial charge in [-0.3, -0.25) is 4.79 Å². The number of hydrogen-bond donors (Lipinski definition) is 0. The zero-order chi connectivity index (χ0) is 20.7. The number of carbonyl (C=O) groups is 1. The SMILES string of the molecule is CC(C)CC(=O)N(Cc1csc(COc2ccccc2C(C)C)n1)CC(C)C. The Hall–Kier alpha value is -1.88. The molecule has 1 aromatic heterocycles. The highest BCUT2D eigenvalue weighted by Crippen LogP contribution is 2.27.